The summed E-state index contributed by atoms with van der Waals surface area (Å²) in [5.41, 5.74) is -0.537. The molecule has 0 aliphatic heterocycles. The zero-order valence-corrected chi connectivity index (χ0v) is 16.8. The molecule has 0 saturated carbocycles. The molecule has 0 unspecified atom stereocenters. The van der Waals surface area contributed by atoms with Crippen molar-refractivity contribution in [1.29, 1.82) is 10.8 Å². The maximum atomic E-state index is 12.9. The summed E-state index contributed by atoms with van der Waals surface area (Å²) in [6.07, 6.45) is 3.29. The summed E-state index contributed by atoms with van der Waals surface area (Å²) in [5, 5.41) is 19.8. The van der Waals surface area contributed by atoms with Crippen LogP contribution in [0.3, 0.4) is 0 Å². The quantitative estimate of drug-likeness (QED) is 0.473. The Labute approximate surface area is 171 Å². The lowest BCUT2D eigenvalue weighted by Crippen LogP contribution is -2.48. The smallest absolute Gasteiger partial charge is 0.309 e. The minimum absolute atomic E-state index is 0.120. The molecule has 3 aromatic rings. The summed E-state index contributed by atoms with van der Waals surface area (Å²) in [6, 6.07) is 9.41. The van der Waals surface area contributed by atoms with Crippen molar-refractivity contribution in [2.45, 2.75) is 33.4 Å². The normalized spacial score (nSPS) is 11.9. The molecule has 0 radical (unpaired) electrons. The van der Waals surface area contributed by atoms with Crippen molar-refractivity contribution in [2.75, 3.05) is 0 Å². The average molecular weight is 409 g/mol. The largest absolute Gasteiger partial charge is 0.341 e. The van der Waals surface area contributed by atoms with Gasteiger partial charge in [0.25, 0.3) is 0 Å². The van der Waals surface area contributed by atoms with Crippen LogP contribution in [-0.4, -0.2) is 35.3 Å². The molecule has 1 aromatic carbocycles. The van der Waals surface area contributed by atoms with Gasteiger partial charge in [-0.3, -0.25) is 9.67 Å². The zero-order chi connectivity index (χ0) is 21.8. The van der Waals surface area contributed by atoms with E-state index in [2.05, 4.69) is 10.1 Å². The maximum Gasteiger partial charge on any atom is 0.341 e. The van der Waals surface area contributed by atoms with E-state index in [1.807, 2.05) is 30.3 Å². The molecule has 0 aliphatic carbocycles. The third-order valence-corrected chi connectivity index (χ3v) is 4.84. The van der Waals surface area contributed by atoms with Crippen LogP contribution >= 0.6 is 0 Å². The van der Waals surface area contributed by atoms with Crippen molar-refractivity contribution in [2.24, 2.45) is 5.92 Å². The summed E-state index contributed by atoms with van der Waals surface area (Å²) in [6.45, 7) is 3.59. The van der Waals surface area contributed by atoms with Gasteiger partial charge in [0.2, 0.25) is 0 Å². The highest BCUT2D eigenvalue weighted by Gasteiger charge is 2.17. The van der Waals surface area contributed by atoms with Gasteiger partial charge in [0.15, 0.2) is 0 Å². The Morgan fingerprint density at radius 1 is 1.07 bits per heavy atom. The number of aryl methyl sites for hydroxylation is 1. The first kappa shape index (κ1) is 20.9. The minimum atomic E-state index is -0.844. The Morgan fingerprint density at radius 3 is 2.37 bits per heavy atom. The number of benzene rings is 1. The number of hydrogen-bond donors (Lipinski definition) is 3. The Hall–Kier alpha value is -3.82. The number of aromatic amines is 1. The lowest BCUT2D eigenvalue weighted by Gasteiger charge is -2.14. The van der Waals surface area contributed by atoms with E-state index >= 15 is 0 Å². The van der Waals surface area contributed by atoms with Crippen molar-refractivity contribution in [3.05, 3.63) is 79.7 Å². The predicted octanol–water partition coefficient (Wildman–Crippen LogP) is 0.822. The highest BCUT2D eigenvalue weighted by molar-refractivity contribution is 6.02. The fourth-order valence-corrected chi connectivity index (χ4v) is 3.17. The van der Waals surface area contributed by atoms with E-state index in [0.29, 0.717) is 17.8 Å². The van der Waals surface area contributed by atoms with Crippen molar-refractivity contribution in [3.8, 4) is 5.69 Å². The molecule has 2 aromatic heterocycles. The van der Waals surface area contributed by atoms with Gasteiger partial charge in [0, 0.05) is 24.2 Å². The number of nitrogens with zero attached hydrogens (tertiary/aromatic N) is 4. The maximum absolute atomic E-state index is 12.9. The second kappa shape index (κ2) is 8.68. The molecular formula is C20H23N7O3. The molecule has 3 N–H and O–H groups in total. The third-order valence-electron chi connectivity index (χ3n) is 4.84. The van der Waals surface area contributed by atoms with Crippen LogP contribution in [0.25, 0.3) is 5.69 Å². The van der Waals surface area contributed by atoms with E-state index in [1.165, 1.54) is 17.1 Å². The first-order valence-electron chi connectivity index (χ1n) is 9.41. The Morgan fingerprint density at radius 2 is 1.73 bits per heavy atom. The molecule has 2 heterocycles. The molecule has 30 heavy (non-hydrogen) atoms. The number of nitrogens with one attached hydrogen (secondary N) is 3. The van der Waals surface area contributed by atoms with E-state index in [4.69, 9.17) is 10.8 Å². The van der Waals surface area contributed by atoms with Crippen molar-refractivity contribution in [1.82, 2.24) is 23.9 Å². The van der Waals surface area contributed by atoms with Gasteiger partial charge >= 0.3 is 17.1 Å². The molecule has 0 amide bonds. The zero-order valence-electron chi connectivity index (χ0n) is 16.8. The molecular weight excluding hydrogens is 386 g/mol. The van der Waals surface area contributed by atoms with Crippen LogP contribution in [0.2, 0.25) is 0 Å². The SMILES string of the molecule is CC(=N)C(Cn1cc(-n2c(=O)[nH]c(=O)n(CCc3ccccc3)c2=O)cn1)C(C)=N. The van der Waals surface area contributed by atoms with Gasteiger partial charge in [-0.1, -0.05) is 30.3 Å². The van der Waals surface area contributed by atoms with Crippen LogP contribution in [0, 0.1) is 16.7 Å². The van der Waals surface area contributed by atoms with E-state index in [0.717, 1.165) is 14.7 Å². The van der Waals surface area contributed by atoms with E-state index in [-0.39, 0.29) is 18.8 Å². The van der Waals surface area contributed by atoms with Gasteiger partial charge in [0.1, 0.15) is 0 Å². The van der Waals surface area contributed by atoms with Crippen LogP contribution in [0.1, 0.15) is 19.4 Å². The number of aromatic nitrogens is 5. The molecule has 0 spiro atoms. The van der Waals surface area contributed by atoms with Crippen LogP contribution in [0.15, 0.2) is 57.1 Å². The summed E-state index contributed by atoms with van der Waals surface area (Å²) in [5.74, 6) is -0.424. The van der Waals surface area contributed by atoms with Crippen molar-refractivity contribution in [3.63, 3.8) is 0 Å². The van der Waals surface area contributed by atoms with E-state index in [1.54, 1.807) is 13.8 Å². The first-order chi connectivity index (χ1) is 14.3. The number of rotatable bonds is 8. The topological polar surface area (TPSA) is 142 Å². The lowest BCUT2D eigenvalue weighted by molar-refractivity contribution is 0.568. The molecule has 0 fully saturated rings. The number of H-pyrrole nitrogens is 1. The van der Waals surface area contributed by atoms with Crippen LogP contribution in [0.5, 0.6) is 0 Å². The minimum Gasteiger partial charge on any atom is -0.309 e. The first-order valence-corrected chi connectivity index (χ1v) is 9.41. The Bertz CT molecular complexity index is 1230. The van der Waals surface area contributed by atoms with E-state index < -0.39 is 23.0 Å². The van der Waals surface area contributed by atoms with Crippen LogP contribution in [-0.2, 0) is 19.5 Å². The number of hydrogen-bond acceptors (Lipinski definition) is 6. The molecule has 0 saturated heterocycles. The molecule has 10 heteroatoms. The monoisotopic (exact) mass is 409 g/mol. The second-order valence-corrected chi connectivity index (χ2v) is 7.08. The summed E-state index contributed by atoms with van der Waals surface area (Å²) in [7, 11) is 0. The molecule has 0 aliphatic rings. The van der Waals surface area contributed by atoms with Gasteiger partial charge in [-0.25, -0.2) is 23.5 Å². The highest BCUT2D eigenvalue weighted by Crippen LogP contribution is 2.08. The second-order valence-electron chi connectivity index (χ2n) is 7.08. The van der Waals surface area contributed by atoms with Gasteiger partial charge in [-0.05, 0) is 25.8 Å². The summed E-state index contributed by atoms with van der Waals surface area (Å²) < 4.78 is 3.32. The van der Waals surface area contributed by atoms with Crippen molar-refractivity contribution < 1.29 is 0 Å². The van der Waals surface area contributed by atoms with Gasteiger partial charge < -0.3 is 10.8 Å². The van der Waals surface area contributed by atoms with Gasteiger partial charge in [-0.15, -0.1) is 0 Å². The fourth-order valence-electron chi connectivity index (χ4n) is 3.17. The van der Waals surface area contributed by atoms with Gasteiger partial charge in [-0.2, -0.15) is 5.10 Å². The Balaban J connectivity index is 1.93. The average Bonchev–Trinajstić information content (AvgIpc) is 3.14. The van der Waals surface area contributed by atoms with Crippen LogP contribution in [0.4, 0.5) is 0 Å². The Kier molecular flexibility index (Phi) is 6.05. The molecule has 0 bridgehead atoms. The molecule has 3 rings (SSSR count). The summed E-state index contributed by atoms with van der Waals surface area (Å²) >= 11 is 0. The fraction of sp³-hybridized carbons (Fsp3) is 0.300. The molecule has 0 atom stereocenters. The van der Waals surface area contributed by atoms with Crippen molar-refractivity contribution >= 4 is 11.4 Å². The lowest BCUT2D eigenvalue weighted by atomic mass is 10.00. The molecule has 10 nitrogen and oxygen atoms in total. The molecule has 156 valence electrons. The highest BCUT2D eigenvalue weighted by atomic mass is 16.2. The van der Waals surface area contributed by atoms with Gasteiger partial charge in [0.05, 0.1) is 24.3 Å². The third kappa shape index (κ3) is 4.43. The van der Waals surface area contributed by atoms with E-state index in [9.17, 15) is 14.4 Å². The van der Waals surface area contributed by atoms with Crippen LogP contribution < -0.4 is 17.1 Å². The summed E-state index contributed by atoms with van der Waals surface area (Å²) in [4.78, 5) is 39.6. The standard InChI is InChI=1S/C20H23N7O3/c1-13(21)17(14(2)22)12-25-11-16(10-23-25)27-19(29)24-18(28)26(20(27)30)9-8-15-6-4-3-5-7-15/h3-7,10-11,17,21-22H,8-9,12H2,1-2H3,(H,24,28,29). The predicted molar refractivity (Wildman–Crippen MR) is 113 cm³/mol.